The molecule has 0 saturated heterocycles. The van der Waals surface area contributed by atoms with Crippen LogP contribution in [0.25, 0.3) is 22.3 Å². The Bertz CT molecular complexity index is 1000. The van der Waals surface area contributed by atoms with Crippen molar-refractivity contribution in [1.29, 1.82) is 0 Å². The van der Waals surface area contributed by atoms with Crippen molar-refractivity contribution in [3.05, 3.63) is 36.2 Å². The lowest BCUT2D eigenvalue weighted by Gasteiger charge is -2.26. The molecule has 4 rings (SSSR count). The number of hydrogen-bond acceptors (Lipinski definition) is 7. The highest BCUT2D eigenvalue weighted by Gasteiger charge is 2.28. The fourth-order valence-electron chi connectivity index (χ4n) is 3.20. The van der Waals surface area contributed by atoms with Gasteiger partial charge < -0.3 is 16.4 Å². The van der Waals surface area contributed by atoms with Crippen LogP contribution in [-0.2, 0) is 5.54 Å². The van der Waals surface area contributed by atoms with Gasteiger partial charge in [-0.25, -0.2) is 14.6 Å². The first kappa shape index (κ1) is 17.3. The molecule has 0 bridgehead atoms. The highest BCUT2D eigenvalue weighted by atomic mass is 15.4. The van der Waals surface area contributed by atoms with Crippen molar-refractivity contribution in [2.24, 2.45) is 4.99 Å². The van der Waals surface area contributed by atoms with E-state index in [1.807, 2.05) is 4.68 Å². The Kier molecular flexibility index (Phi) is 4.18. The number of aromatic nitrogens is 4. The number of hydrogen-bond donors (Lipinski definition) is 3. The van der Waals surface area contributed by atoms with Crippen LogP contribution in [0.15, 0.2) is 35.6 Å². The second-order valence-corrected chi connectivity index (χ2v) is 7.41. The smallest absolute Gasteiger partial charge is 0.191 e. The van der Waals surface area contributed by atoms with Crippen LogP contribution in [0.5, 0.6) is 0 Å². The van der Waals surface area contributed by atoms with Gasteiger partial charge in [0.15, 0.2) is 11.6 Å². The summed E-state index contributed by atoms with van der Waals surface area (Å²) in [5.41, 5.74) is 9.57. The summed E-state index contributed by atoms with van der Waals surface area (Å²) in [7, 11) is 0. The molecule has 0 spiro atoms. The molecule has 0 aliphatic carbocycles. The number of aryl methyl sites for hydroxylation is 1. The summed E-state index contributed by atoms with van der Waals surface area (Å²) >= 11 is 0. The monoisotopic (exact) mass is 364 g/mol. The highest BCUT2D eigenvalue weighted by molar-refractivity contribution is 5.98. The van der Waals surface area contributed by atoms with E-state index in [4.69, 9.17) is 10.8 Å². The number of nitrogens with zero attached hydrogens (tertiary/aromatic N) is 5. The molecule has 2 aromatic heterocycles. The van der Waals surface area contributed by atoms with E-state index >= 15 is 0 Å². The molecule has 3 aromatic rings. The zero-order chi connectivity index (χ0) is 19.0. The molecule has 1 aliphatic heterocycles. The topological polar surface area (TPSA) is 106 Å². The Morgan fingerprint density at radius 1 is 1.22 bits per heavy atom. The van der Waals surface area contributed by atoms with E-state index < -0.39 is 0 Å². The molecule has 0 unspecified atom stereocenters. The van der Waals surface area contributed by atoms with E-state index in [9.17, 15) is 0 Å². The van der Waals surface area contributed by atoms with Gasteiger partial charge in [0.2, 0.25) is 0 Å². The van der Waals surface area contributed by atoms with Crippen LogP contribution in [0.2, 0.25) is 0 Å². The number of benzene rings is 1. The Hall–Kier alpha value is -3.16. The minimum absolute atomic E-state index is 0.352. The first-order valence-electron chi connectivity index (χ1n) is 9.04. The predicted octanol–water partition coefficient (Wildman–Crippen LogP) is 1.67. The van der Waals surface area contributed by atoms with Gasteiger partial charge in [0.1, 0.15) is 17.8 Å². The van der Waals surface area contributed by atoms with Crippen molar-refractivity contribution in [1.82, 2.24) is 30.4 Å². The summed E-state index contributed by atoms with van der Waals surface area (Å²) in [6.07, 6.45) is 1.49. The number of aliphatic imine (C=N–C) groups is 1. The van der Waals surface area contributed by atoms with Crippen molar-refractivity contribution < 1.29 is 0 Å². The maximum atomic E-state index is 6.21. The van der Waals surface area contributed by atoms with Crippen molar-refractivity contribution in [2.75, 3.05) is 25.4 Å². The van der Waals surface area contributed by atoms with E-state index in [0.717, 1.165) is 41.3 Å². The van der Waals surface area contributed by atoms with Crippen LogP contribution >= 0.6 is 0 Å². The molecule has 0 radical (unpaired) electrons. The third kappa shape index (κ3) is 3.18. The van der Waals surface area contributed by atoms with E-state index in [2.05, 4.69) is 70.6 Å². The number of fused-ring (bicyclic) bond motifs is 1. The molecular weight excluding hydrogens is 340 g/mol. The molecule has 1 aromatic carbocycles. The van der Waals surface area contributed by atoms with Gasteiger partial charge in [0.05, 0.1) is 17.5 Å². The molecule has 8 heteroatoms. The molecule has 8 nitrogen and oxygen atoms in total. The lowest BCUT2D eigenvalue weighted by atomic mass is 10.1. The van der Waals surface area contributed by atoms with Gasteiger partial charge in [-0.05, 0) is 20.8 Å². The van der Waals surface area contributed by atoms with E-state index in [1.54, 1.807) is 0 Å². The molecule has 4 N–H and O–H groups in total. The Morgan fingerprint density at radius 2 is 2.00 bits per heavy atom. The number of anilines is 1. The first-order valence-corrected chi connectivity index (χ1v) is 9.04. The number of guanidine groups is 1. The summed E-state index contributed by atoms with van der Waals surface area (Å²) in [4.78, 5) is 13.1. The highest BCUT2D eigenvalue weighted by Crippen LogP contribution is 2.32. The molecule has 0 fully saturated rings. The maximum Gasteiger partial charge on any atom is 0.191 e. The van der Waals surface area contributed by atoms with Gasteiger partial charge in [-0.3, -0.25) is 4.99 Å². The van der Waals surface area contributed by atoms with Crippen LogP contribution in [0.4, 0.5) is 5.82 Å². The van der Waals surface area contributed by atoms with Crippen LogP contribution in [-0.4, -0.2) is 45.3 Å². The molecule has 1 aliphatic rings. The number of rotatable bonds is 4. The Balaban J connectivity index is 1.78. The summed E-state index contributed by atoms with van der Waals surface area (Å²) in [6.45, 7) is 8.60. The van der Waals surface area contributed by atoms with Crippen molar-refractivity contribution in [2.45, 2.75) is 26.3 Å². The van der Waals surface area contributed by atoms with Crippen LogP contribution < -0.4 is 16.4 Å². The number of nitrogens with two attached hydrogens (primary N) is 1. The minimum Gasteiger partial charge on any atom is -0.383 e. The minimum atomic E-state index is -0.352. The zero-order valence-electron chi connectivity index (χ0n) is 15.8. The van der Waals surface area contributed by atoms with Gasteiger partial charge in [-0.15, -0.1) is 0 Å². The third-order valence-corrected chi connectivity index (χ3v) is 4.76. The van der Waals surface area contributed by atoms with Crippen LogP contribution in [0.3, 0.4) is 0 Å². The van der Waals surface area contributed by atoms with Crippen LogP contribution in [0.1, 0.15) is 19.4 Å². The number of nitrogens with one attached hydrogen (secondary N) is 2. The second-order valence-electron chi connectivity index (χ2n) is 7.41. The maximum absolute atomic E-state index is 6.21. The van der Waals surface area contributed by atoms with Gasteiger partial charge in [0.25, 0.3) is 0 Å². The third-order valence-electron chi connectivity index (χ3n) is 4.76. The molecule has 27 heavy (non-hydrogen) atoms. The van der Waals surface area contributed by atoms with Gasteiger partial charge in [-0.1, -0.05) is 29.8 Å². The summed E-state index contributed by atoms with van der Waals surface area (Å²) in [5.74, 6) is 1.26. The van der Waals surface area contributed by atoms with E-state index in [-0.39, 0.29) is 5.54 Å². The van der Waals surface area contributed by atoms with E-state index in [0.29, 0.717) is 12.4 Å². The molecule has 0 saturated carbocycles. The average Bonchev–Trinajstić information content (AvgIpc) is 3.29. The zero-order valence-corrected chi connectivity index (χ0v) is 15.8. The van der Waals surface area contributed by atoms with Gasteiger partial charge >= 0.3 is 0 Å². The molecule has 140 valence electrons. The summed E-state index contributed by atoms with van der Waals surface area (Å²) in [6, 6.07) is 8.24. The Morgan fingerprint density at radius 3 is 2.70 bits per heavy atom. The van der Waals surface area contributed by atoms with Gasteiger partial charge in [-0.2, -0.15) is 5.10 Å². The normalized spacial score (nSPS) is 14.3. The van der Waals surface area contributed by atoms with E-state index in [1.165, 1.54) is 11.9 Å². The van der Waals surface area contributed by atoms with Crippen molar-refractivity contribution >= 4 is 22.8 Å². The fraction of sp³-hybridized carbons (Fsp3) is 0.368. The quantitative estimate of drug-likeness (QED) is 0.650. The Labute approximate surface area is 157 Å². The standard InChI is InChI=1S/C19H24N8/c1-12-4-6-13(7-5-12)15-14-16(20)24-11-25-17(14)27(26-15)19(2,3)10-23-18-21-8-9-22-18/h4-7,11H,8-10H2,1-3H3,(H2,20,24,25)(H2,21,22,23). The average molecular weight is 364 g/mol. The van der Waals surface area contributed by atoms with Gasteiger partial charge in [0, 0.05) is 18.7 Å². The molecule has 3 heterocycles. The lowest BCUT2D eigenvalue weighted by Crippen LogP contribution is -2.44. The van der Waals surface area contributed by atoms with Crippen molar-refractivity contribution in [3.63, 3.8) is 0 Å². The summed E-state index contributed by atoms with van der Waals surface area (Å²) < 4.78 is 1.93. The SMILES string of the molecule is Cc1ccc(-c2nn(C(C)(C)CNC3=NCCN3)c3ncnc(N)c23)cc1. The molecule has 0 amide bonds. The number of nitrogen functional groups attached to an aromatic ring is 1. The fourth-order valence-corrected chi connectivity index (χ4v) is 3.20. The lowest BCUT2D eigenvalue weighted by molar-refractivity contribution is 0.327. The first-order chi connectivity index (χ1) is 13.0. The second kappa shape index (κ2) is 6.53. The van der Waals surface area contributed by atoms with Crippen LogP contribution in [0, 0.1) is 6.92 Å². The molecular formula is C19H24N8. The van der Waals surface area contributed by atoms with Crippen molar-refractivity contribution in [3.8, 4) is 11.3 Å². The summed E-state index contributed by atoms with van der Waals surface area (Å²) in [5, 5.41) is 12.3. The largest absolute Gasteiger partial charge is 0.383 e. The molecule has 0 atom stereocenters. The predicted molar refractivity (Wildman–Crippen MR) is 108 cm³/mol.